The number of rotatable bonds is 1. The third-order valence-corrected chi connectivity index (χ3v) is 1.33. The van der Waals surface area contributed by atoms with Crippen molar-refractivity contribution in [2.24, 2.45) is 21.5 Å². The van der Waals surface area contributed by atoms with Crippen molar-refractivity contribution in [2.75, 3.05) is 7.05 Å². The van der Waals surface area contributed by atoms with Gasteiger partial charge in [0, 0.05) is 11.0 Å². The Morgan fingerprint density at radius 2 is 2.11 bits per heavy atom. The first-order valence-corrected chi connectivity index (χ1v) is 3.05. The van der Waals surface area contributed by atoms with Crippen LogP contribution in [0, 0.1) is 5.92 Å². The summed E-state index contributed by atoms with van der Waals surface area (Å²) in [5, 5.41) is 11.2. The summed E-state index contributed by atoms with van der Waals surface area (Å²) in [4.78, 5) is 0. The van der Waals surface area contributed by atoms with E-state index in [2.05, 4.69) is 29.4 Å². The molecule has 0 spiro atoms. The highest BCUT2D eigenvalue weighted by Crippen LogP contribution is 2.11. The summed E-state index contributed by atoms with van der Waals surface area (Å²) in [6, 6.07) is 0. The molecule has 0 aromatic heterocycles. The third kappa shape index (κ3) is 1.12. The molecule has 0 N–H and O–H groups in total. The predicted octanol–water partition coefficient (Wildman–Crippen LogP) is 1.44. The van der Waals surface area contributed by atoms with Crippen molar-refractivity contribution in [2.45, 2.75) is 20.0 Å². The molecule has 9 heavy (non-hydrogen) atoms. The van der Waals surface area contributed by atoms with Crippen LogP contribution in [-0.2, 0) is 0 Å². The van der Waals surface area contributed by atoms with Crippen molar-refractivity contribution in [3.05, 3.63) is 0 Å². The maximum atomic E-state index is 3.90. The van der Waals surface area contributed by atoms with Gasteiger partial charge in [0.1, 0.15) is 0 Å². The molecule has 0 saturated carbocycles. The van der Waals surface area contributed by atoms with Gasteiger partial charge in [-0.25, -0.2) is 0 Å². The Labute approximate surface area is 54.3 Å². The topological polar surface area (TPSA) is 40.1 Å². The largest absolute Gasteiger partial charge is 0.254 e. The van der Waals surface area contributed by atoms with Gasteiger partial charge in [-0.1, -0.05) is 13.8 Å². The second kappa shape index (κ2) is 2.21. The normalized spacial score (nSPS) is 25.3. The molecular formula is C5H11N4+. The third-order valence-electron chi connectivity index (χ3n) is 1.33. The average Bonchev–Trinajstić information content (AvgIpc) is 2.13. The summed E-state index contributed by atoms with van der Waals surface area (Å²) >= 11 is 0. The second-order valence-corrected chi connectivity index (χ2v) is 2.53. The van der Waals surface area contributed by atoms with Gasteiger partial charge < -0.3 is 0 Å². The summed E-state index contributed by atoms with van der Waals surface area (Å²) < 4.78 is 1.77. The molecule has 4 nitrogen and oxygen atoms in total. The van der Waals surface area contributed by atoms with E-state index in [0.717, 1.165) is 0 Å². The van der Waals surface area contributed by atoms with E-state index in [-0.39, 0.29) is 6.17 Å². The Morgan fingerprint density at radius 3 is 2.33 bits per heavy atom. The van der Waals surface area contributed by atoms with Crippen LogP contribution in [0.3, 0.4) is 0 Å². The highest BCUT2D eigenvalue weighted by atomic mass is 15.6. The van der Waals surface area contributed by atoms with Gasteiger partial charge in [-0.05, 0) is 0 Å². The first-order chi connectivity index (χ1) is 4.22. The second-order valence-electron chi connectivity index (χ2n) is 2.53. The summed E-state index contributed by atoms with van der Waals surface area (Å²) in [6.45, 7) is 4.20. The Kier molecular flexibility index (Phi) is 1.55. The fraction of sp³-hybridized carbons (Fsp3) is 1.00. The summed E-state index contributed by atoms with van der Waals surface area (Å²) in [5.74, 6) is 0.491. The average molecular weight is 127 g/mol. The first-order valence-electron chi connectivity index (χ1n) is 3.05. The van der Waals surface area contributed by atoms with Crippen LogP contribution in [0.15, 0.2) is 15.6 Å². The lowest BCUT2D eigenvalue weighted by Gasteiger charge is -2.03. The minimum Gasteiger partial charge on any atom is -0.138 e. The van der Waals surface area contributed by atoms with Crippen molar-refractivity contribution in [3.63, 3.8) is 0 Å². The molecule has 0 fully saturated rings. The molecule has 0 amide bonds. The van der Waals surface area contributed by atoms with Gasteiger partial charge in [-0.2, -0.15) is 0 Å². The highest BCUT2D eigenvalue weighted by Gasteiger charge is 2.25. The van der Waals surface area contributed by atoms with Gasteiger partial charge in [0.05, 0.1) is 7.05 Å². The SMILES string of the molecule is CC(C)C1N=NN=[N+]1C. The van der Waals surface area contributed by atoms with Gasteiger partial charge in [-0.15, -0.1) is 4.70 Å². The maximum absolute atomic E-state index is 3.90. The molecule has 1 rings (SSSR count). The van der Waals surface area contributed by atoms with Crippen molar-refractivity contribution in [3.8, 4) is 0 Å². The first kappa shape index (κ1) is 6.32. The molecule has 0 saturated heterocycles. The predicted molar refractivity (Wildman–Crippen MR) is 32.1 cm³/mol. The smallest absolute Gasteiger partial charge is 0.138 e. The molecular weight excluding hydrogens is 116 g/mol. The van der Waals surface area contributed by atoms with Gasteiger partial charge >= 0.3 is 0 Å². The Morgan fingerprint density at radius 1 is 1.44 bits per heavy atom. The van der Waals surface area contributed by atoms with Gasteiger partial charge in [0.2, 0.25) is 5.22 Å². The van der Waals surface area contributed by atoms with E-state index in [1.807, 2.05) is 7.05 Å². The molecule has 0 aliphatic carbocycles. The minimum absolute atomic E-state index is 0.157. The number of hydrogen-bond acceptors (Lipinski definition) is 3. The van der Waals surface area contributed by atoms with Crippen LogP contribution in [0.25, 0.3) is 0 Å². The lowest BCUT2D eigenvalue weighted by molar-refractivity contribution is -0.598. The molecule has 0 aromatic rings. The highest BCUT2D eigenvalue weighted by molar-refractivity contribution is 4.54. The van der Waals surface area contributed by atoms with E-state index in [0.29, 0.717) is 5.92 Å². The van der Waals surface area contributed by atoms with Crippen molar-refractivity contribution >= 4 is 0 Å². The van der Waals surface area contributed by atoms with E-state index in [9.17, 15) is 0 Å². The van der Waals surface area contributed by atoms with Crippen LogP contribution in [0.4, 0.5) is 0 Å². The van der Waals surface area contributed by atoms with E-state index >= 15 is 0 Å². The number of nitrogens with zero attached hydrogens (tertiary/aromatic N) is 4. The fourth-order valence-electron chi connectivity index (χ4n) is 0.832. The summed E-state index contributed by atoms with van der Waals surface area (Å²) in [6.07, 6.45) is 0.157. The Bertz CT molecular complexity index is 158. The summed E-state index contributed by atoms with van der Waals surface area (Å²) in [5.41, 5.74) is 0. The zero-order valence-electron chi connectivity index (χ0n) is 5.94. The monoisotopic (exact) mass is 127 g/mol. The van der Waals surface area contributed by atoms with Crippen LogP contribution in [0.1, 0.15) is 13.8 Å². The van der Waals surface area contributed by atoms with Crippen LogP contribution >= 0.6 is 0 Å². The molecule has 1 atom stereocenters. The lowest BCUT2D eigenvalue weighted by Crippen LogP contribution is -2.21. The van der Waals surface area contributed by atoms with Gasteiger partial charge in [0.25, 0.3) is 6.17 Å². The molecule has 0 radical (unpaired) electrons. The molecule has 1 heterocycles. The standard InChI is InChI=1S/C5H11N4/c1-4(2)5-6-7-8-9(5)3/h4-5H,1-3H3/q+1. The zero-order valence-corrected chi connectivity index (χ0v) is 5.94. The van der Waals surface area contributed by atoms with Crippen LogP contribution in [0.5, 0.6) is 0 Å². The molecule has 0 bridgehead atoms. The zero-order chi connectivity index (χ0) is 6.85. The van der Waals surface area contributed by atoms with Gasteiger partial charge in [0.15, 0.2) is 5.22 Å². The van der Waals surface area contributed by atoms with Crippen molar-refractivity contribution < 1.29 is 4.70 Å². The maximum Gasteiger partial charge on any atom is 0.254 e. The van der Waals surface area contributed by atoms with Crippen LogP contribution in [0.2, 0.25) is 0 Å². The van der Waals surface area contributed by atoms with Crippen molar-refractivity contribution in [1.29, 1.82) is 0 Å². The Balaban J connectivity index is 2.63. The molecule has 0 aromatic carbocycles. The number of hydrogen-bond donors (Lipinski definition) is 0. The molecule has 50 valence electrons. The molecule has 4 heteroatoms. The fourth-order valence-corrected chi connectivity index (χ4v) is 0.832. The van der Waals surface area contributed by atoms with Crippen LogP contribution in [-0.4, -0.2) is 17.9 Å². The molecule has 1 aliphatic heterocycles. The minimum atomic E-state index is 0.157. The quantitative estimate of drug-likeness (QED) is 0.478. The summed E-state index contributed by atoms with van der Waals surface area (Å²) in [7, 11) is 1.88. The van der Waals surface area contributed by atoms with E-state index < -0.39 is 0 Å². The molecule has 1 unspecified atom stereocenters. The lowest BCUT2D eigenvalue weighted by atomic mass is 10.2. The van der Waals surface area contributed by atoms with Gasteiger partial charge in [-0.3, -0.25) is 0 Å². The Hall–Kier alpha value is -0.800. The van der Waals surface area contributed by atoms with Crippen LogP contribution < -0.4 is 0 Å². The van der Waals surface area contributed by atoms with Crippen molar-refractivity contribution in [1.82, 2.24) is 0 Å². The van der Waals surface area contributed by atoms with E-state index in [1.165, 1.54) is 0 Å². The van der Waals surface area contributed by atoms with E-state index in [1.54, 1.807) is 4.70 Å². The molecule has 1 aliphatic rings. The van der Waals surface area contributed by atoms with E-state index in [4.69, 9.17) is 0 Å².